The SMILES string of the molecule is C=CC(=O)O[SiH2]CCCCCCCCCCCC. The van der Waals surface area contributed by atoms with Crippen molar-refractivity contribution in [3.63, 3.8) is 0 Å². The van der Waals surface area contributed by atoms with Crippen LogP contribution in [0.4, 0.5) is 0 Å². The minimum Gasteiger partial charge on any atom is -0.522 e. The Morgan fingerprint density at radius 3 is 2.00 bits per heavy atom. The zero-order valence-corrected chi connectivity index (χ0v) is 13.5. The van der Waals surface area contributed by atoms with E-state index < -0.39 is 9.76 Å². The first-order valence-corrected chi connectivity index (χ1v) is 9.18. The molecular weight excluding hydrogens is 240 g/mol. The van der Waals surface area contributed by atoms with Crippen LogP contribution in [0.25, 0.3) is 0 Å². The van der Waals surface area contributed by atoms with E-state index in [1.807, 2.05) is 0 Å². The van der Waals surface area contributed by atoms with Crippen molar-refractivity contribution in [2.45, 2.75) is 77.2 Å². The molecule has 106 valence electrons. The van der Waals surface area contributed by atoms with Crippen molar-refractivity contribution < 1.29 is 9.22 Å². The summed E-state index contributed by atoms with van der Waals surface area (Å²) in [5.41, 5.74) is 0. The van der Waals surface area contributed by atoms with E-state index >= 15 is 0 Å². The summed E-state index contributed by atoms with van der Waals surface area (Å²) < 4.78 is 5.06. The number of carbonyl (C=O) groups excluding carboxylic acids is 1. The fourth-order valence-electron chi connectivity index (χ4n) is 2.00. The molecule has 0 saturated heterocycles. The highest BCUT2D eigenvalue weighted by molar-refractivity contribution is 6.30. The Morgan fingerprint density at radius 1 is 1.00 bits per heavy atom. The van der Waals surface area contributed by atoms with Gasteiger partial charge in [-0.1, -0.05) is 77.7 Å². The first-order chi connectivity index (χ1) is 8.81. The predicted molar refractivity (Wildman–Crippen MR) is 81.5 cm³/mol. The minimum atomic E-state index is -0.621. The topological polar surface area (TPSA) is 26.3 Å². The second kappa shape index (κ2) is 14.5. The van der Waals surface area contributed by atoms with Crippen LogP contribution in [-0.2, 0) is 9.22 Å². The smallest absolute Gasteiger partial charge is 0.316 e. The Hall–Kier alpha value is -0.573. The average molecular weight is 270 g/mol. The molecule has 2 nitrogen and oxygen atoms in total. The van der Waals surface area contributed by atoms with Crippen LogP contribution < -0.4 is 0 Å². The van der Waals surface area contributed by atoms with Crippen LogP contribution in [0.5, 0.6) is 0 Å². The second-order valence-corrected chi connectivity index (χ2v) is 6.31. The van der Waals surface area contributed by atoms with Crippen LogP contribution in [0.1, 0.15) is 71.1 Å². The second-order valence-electron chi connectivity index (χ2n) is 4.91. The summed E-state index contributed by atoms with van der Waals surface area (Å²) in [4.78, 5) is 10.8. The number of carbonyl (C=O) groups is 1. The molecule has 0 N–H and O–H groups in total. The van der Waals surface area contributed by atoms with Crippen molar-refractivity contribution in [1.29, 1.82) is 0 Å². The van der Waals surface area contributed by atoms with Gasteiger partial charge in [-0.15, -0.1) is 0 Å². The monoisotopic (exact) mass is 270 g/mol. The molecule has 0 radical (unpaired) electrons. The standard InChI is InChI=1S/C15H30O2Si/c1-3-5-6-7-8-9-10-11-12-13-14-18-17-15(16)4-2/h4H,2-3,5-14,18H2,1H3. The highest BCUT2D eigenvalue weighted by atomic mass is 28.2. The molecule has 0 aliphatic rings. The van der Waals surface area contributed by atoms with E-state index in [4.69, 9.17) is 4.43 Å². The van der Waals surface area contributed by atoms with Crippen LogP contribution in [0.3, 0.4) is 0 Å². The summed E-state index contributed by atoms with van der Waals surface area (Å²) >= 11 is 0. The quantitative estimate of drug-likeness (QED) is 0.286. The van der Waals surface area contributed by atoms with Gasteiger partial charge in [0.25, 0.3) is 0 Å². The molecule has 18 heavy (non-hydrogen) atoms. The van der Waals surface area contributed by atoms with Crippen molar-refractivity contribution in [1.82, 2.24) is 0 Å². The zero-order valence-electron chi connectivity index (χ0n) is 12.1. The van der Waals surface area contributed by atoms with Crippen molar-refractivity contribution >= 4 is 15.7 Å². The van der Waals surface area contributed by atoms with Crippen LogP contribution in [-0.4, -0.2) is 15.7 Å². The lowest BCUT2D eigenvalue weighted by Gasteiger charge is -2.03. The van der Waals surface area contributed by atoms with Gasteiger partial charge in [0.05, 0.1) is 0 Å². The lowest BCUT2D eigenvalue weighted by atomic mass is 10.1. The molecule has 0 heterocycles. The van der Waals surface area contributed by atoms with Gasteiger partial charge in [0.15, 0.2) is 0 Å². The summed E-state index contributed by atoms with van der Waals surface area (Å²) in [6.07, 6.45) is 14.9. The fourth-order valence-corrected chi connectivity index (χ4v) is 3.02. The van der Waals surface area contributed by atoms with Crippen molar-refractivity contribution in [2.75, 3.05) is 0 Å². The Balaban J connectivity index is 2.98. The molecule has 0 saturated carbocycles. The highest BCUT2D eigenvalue weighted by Gasteiger charge is 1.96. The van der Waals surface area contributed by atoms with E-state index in [9.17, 15) is 4.79 Å². The van der Waals surface area contributed by atoms with E-state index in [1.165, 1.54) is 70.3 Å². The van der Waals surface area contributed by atoms with Gasteiger partial charge in [-0.05, 0) is 6.04 Å². The molecule has 0 aromatic carbocycles. The van der Waals surface area contributed by atoms with Gasteiger partial charge < -0.3 is 4.43 Å². The third kappa shape index (κ3) is 13.5. The third-order valence-electron chi connectivity index (χ3n) is 3.16. The van der Waals surface area contributed by atoms with Gasteiger partial charge in [0.2, 0.25) is 9.76 Å². The maximum atomic E-state index is 10.8. The molecule has 0 amide bonds. The summed E-state index contributed by atoms with van der Waals surface area (Å²) in [5.74, 6) is -0.242. The molecule has 0 atom stereocenters. The summed E-state index contributed by atoms with van der Waals surface area (Å²) in [6.45, 7) is 5.64. The molecule has 0 aliphatic carbocycles. The maximum Gasteiger partial charge on any atom is 0.316 e. The van der Waals surface area contributed by atoms with Crippen LogP contribution in [0.2, 0.25) is 6.04 Å². The van der Waals surface area contributed by atoms with Crippen LogP contribution >= 0.6 is 0 Å². The van der Waals surface area contributed by atoms with Gasteiger partial charge in [0, 0.05) is 6.08 Å². The normalized spacial score (nSPS) is 10.9. The van der Waals surface area contributed by atoms with E-state index in [2.05, 4.69) is 13.5 Å². The van der Waals surface area contributed by atoms with Gasteiger partial charge in [0.1, 0.15) is 0 Å². The highest BCUT2D eigenvalue weighted by Crippen LogP contribution is 2.11. The van der Waals surface area contributed by atoms with Gasteiger partial charge in [-0.3, -0.25) is 0 Å². The Bertz CT molecular complexity index is 205. The first kappa shape index (κ1) is 17.4. The van der Waals surface area contributed by atoms with E-state index in [0.29, 0.717) is 0 Å². The summed E-state index contributed by atoms with van der Waals surface area (Å²) in [5, 5.41) is 0. The maximum absolute atomic E-state index is 10.8. The van der Waals surface area contributed by atoms with Crippen molar-refractivity contribution in [3.05, 3.63) is 12.7 Å². The Labute approximate surface area is 115 Å². The molecule has 0 rings (SSSR count). The molecule has 0 bridgehead atoms. The molecule has 3 heteroatoms. The molecule has 0 aromatic rings. The Morgan fingerprint density at radius 2 is 1.50 bits per heavy atom. The number of unbranched alkanes of at least 4 members (excludes halogenated alkanes) is 9. The van der Waals surface area contributed by atoms with Crippen LogP contribution in [0, 0.1) is 0 Å². The average Bonchev–Trinajstić information content (AvgIpc) is 2.39. The zero-order chi connectivity index (χ0) is 13.5. The minimum absolute atomic E-state index is 0.242. The molecule has 0 unspecified atom stereocenters. The van der Waals surface area contributed by atoms with Gasteiger partial charge in [-0.25, -0.2) is 4.79 Å². The van der Waals surface area contributed by atoms with Gasteiger partial charge >= 0.3 is 5.97 Å². The van der Waals surface area contributed by atoms with E-state index in [1.54, 1.807) is 0 Å². The molecule has 0 aliphatic heterocycles. The summed E-state index contributed by atoms with van der Waals surface area (Å²) in [7, 11) is -0.621. The summed E-state index contributed by atoms with van der Waals surface area (Å²) in [6, 6.07) is 1.12. The fraction of sp³-hybridized carbons (Fsp3) is 0.800. The van der Waals surface area contributed by atoms with E-state index in [-0.39, 0.29) is 5.97 Å². The lowest BCUT2D eigenvalue weighted by Crippen LogP contribution is -2.04. The molecular formula is C15H30O2Si. The van der Waals surface area contributed by atoms with E-state index in [0.717, 1.165) is 6.04 Å². The largest absolute Gasteiger partial charge is 0.522 e. The number of rotatable bonds is 13. The van der Waals surface area contributed by atoms with Crippen molar-refractivity contribution in [2.24, 2.45) is 0 Å². The number of hydrogen-bond acceptors (Lipinski definition) is 2. The lowest BCUT2D eigenvalue weighted by molar-refractivity contribution is -0.128. The van der Waals surface area contributed by atoms with Crippen LogP contribution in [0.15, 0.2) is 12.7 Å². The van der Waals surface area contributed by atoms with Gasteiger partial charge in [-0.2, -0.15) is 0 Å². The molecule has 0 spiro atoms. The first-order valence-electron chi connectivity index (χ1n) is 7.60. The Kier molecular flexibility index (Phi) is 14.0. The third-order valence-corrected chi connectivity index (χ3v) is 4.44. The molecule has 0 aromatic heterocycles. The predicted octanol–water partition coefficient (Wildman–Crippen LogP) is 4.14. The number of hydrogen-bond donors (Lipinski definition) is 0. The molecule has 0 fully saturated rings. The van der Waals surface area contributed by atoms with Crippen molar-refractivity contribution in [3.8, 4) is 0 Å².